The molecule has 1 aliphatic heterocycles. The first-order valence-electron chi connectivity index (χ1n) is 12.6. The molecular weight excluding hydrogens is 412 g/mol. The molecule has 7 nitrogen and oxygen atoms in total. The summed E-state index contributed by atoms with van der Waals surface area (Å²) in [5, 5.41) is 20.6. The molecule has 7 heteroatoms. The first kappa shape index (κ1) is 28.6. The topological polar surface area (TPSA) is 110 Å². The third kappa shape index (κ3) is 10.4. The van der Waals surface area contributed by atoms with E-state index in [1.165, 1.54) is 70.6 Å². The lowest BCUT2D eigenvalue weighted by molar-refractivity contribution is -0.332. The number of Topliss-reactive ketones (excluding diaryl/α,β-unsaturated/α-hetero) is 1. The highest BCUT2D eigenvalue weighted by atomic mass is 16.8. The van der Waals surface area contributed by atoms with Gasteiger partial charge in [0.15, 0.2) is 5.78 Å². The Labute approximate surface area is 193 Å². The van der Waals surface area contributed by atoms with Crippen molar-refractivity contribution in [3.05, 3.63) is 0 Å². The van der Waals surface area contributed by atoms with E-state index in [0.717, 1.165) is 26.2 Å². The van der Waals surface area contributed by atoms with Crippen molar-refractivity contribution in [1.29, 1.82) is 0 Å². The molecule has 1 saturated heterocycles. The maximum Gasteiger partial charge on any atom is 0.315 e. The maximum atomic E-state index is 12.3. The van der Waals surface area contributed by atoms with Crippen LogP contribution in [-0.4, -0.2) is 39.5 Å². The molecule has 0 bridgehead atoms. The Hall–Kier alpha value is -1.47. The summed E-state index contributed by atoms with van der Waals surface area (Å²) >= 11 is 0. The second kappa shape index (κ2) is 15.4. The van der Waals surface area contributed by atoms with Gasteiger partial charge < -0.3 is 19.7 Å². The van der Waals surface area contributed by atoms with Crippen LogP contribution in [0.1, 0.15) is 129 Å². The quantitative estimate of drug-likeness (QED) is 0.168. The summed E-state index contributed by atoms with van der Waals surface area (Å²) < 4.78 is 9.76. The molecule has 1 heterocycles. The summed E-state index contributed by atoms with van der Waals surface area (Å²) in [5.41, 5.74) is 0. The van der Waals surface area contributed by atoms with Crippen molar-refractivity contribution in [3.63, 3.8) is 0 Å². The molecular formula is C25H44O7. The molecule has 0 aromatic rings. The number of carbonyl (C=O) groups is 3. The average Bonchev–Trinajstić information content (AvgIpc) is 2.88. The van der Waals surface area contributed by atoms with E-state index in [9.17, 15) is 24.6 Å². The molecule has 0 aliphatic carbocycles. The number of ketones is 1. The first-order valence-corrected chi connectivity index (χ1v) is 12.6. The molecule has 0 spiro atoms. The fraction of sp³-hybridized carbons (Fsp3) is 0.880. The molecule has 2 N–H and O–H groups in total. The zero-order valence-corrected chi connectivity index (χ0v) is 20.2. The van der Waals surface area contributed by atoms with Gasteiger partial charge in [0.05, 0.1) is 12.8 Å². The van der Waals surface area contributed by atoms with Gasteiger partial charge in [-0.3, -0.25) is 14.4 Å². The predicted molar refractivity (Wildman–Crippen MR) is 122 cm³/mol. The van der Waals surface area contributed by atoms with Gasteiger partial charge in [0, 0.05) is 13.3 Å². The lowest BCUT2D eigenvalue weighted by atomic mass is 9.97. The normalized spacial score (nSPS) is 16.4. The van der Waals surface area contributed by atoms with Gasteiger partial charge in [-0.15, -0.1) is 0 Å². The summed E-state index contributed by atoms with van der Waals surface area (Å²) in [6.45, 7) is 3.27. The molecule has 186 valence electrons. The van der Waals surface area contributed by atoms with Crippen molar-refractivity contribution < 1.29 is 34.1 Å². The van der Waals surface area contributed by atoms with Crippen molar-refractivity contribution in [2.75, 3.05) is 0 Å². The number of esters is 2. The van der Waals surface area contributed by atoms with Gasteiger partial charge in [-0.05, 0) is 6.42 Å². The zero-order chi connectivity index (χ0) is 23.9. The van der Waals surface area contributed by atoms with Crippen LogP contribution in [0.25, 0.3) is 0 Å². The largest absolute Gasteiger partial charge is 0.416 e. The maximum absolute atomic E-state index is 12.3. The van der Waals surface area contributed by atoms with Crippen LogP contribution in [0.4, 0.5) is 0 Å². The third-order valence-electron chi connectivity index (χ3n) is 6.18. The van der Waals surface area contributed by atoms with Crippen LogP contribution in [-0.2, 0) is 23.9 Å². The van der Waals surface area contributed by atoms with Crippen LogP contribution < -0.4 is 0 Å². The first-order chi connectivity index (χ1) is 15.2. The summed E-state index contributed by atoms with van der Waals surface area (Å²) in [6.07, 6.45) is 17.3. The number of hydrogen-bond acceptors (Lipinski definition) is 7. The Morgan fingerprint density at radius 1 is 0.750 bits per heavy atom. The summed E-state index contributed by atoms with van der Waals surface area (Å²) in [6, 6.07) is 0. The van der Waals surface area contributed by atoms with Crippen molar-refractivity contribution in [2.24, 2.45) is 0 Å². The molecule has 0 unspecified atom stereocenters. The molecule has 0 atom stereocenters. The number of unbranched alkanes of at least 4 members (excludes halogenated alkanes) is 14. The molecule has 0 aromatic heterocycles. The minimum Gasteiger partial charge on any atom is -0.416 e. The van der Waals surface area contributed by atoms with E-state index in [1.54, 1.807) is 0 Å². The van der Waals surface area contributed by atoms with Gasteiger partial charge in [0.25, 0.3) is 0 Å². The van der Waals surface area contributed by atoms with E-state index in [2.05, 4.69) is 6.92 Å². The zero-order valence-electron chi connectivity index (χ0n) is 20.2. The lowest BCUT2D eigenvalue weighted by Gasteiger charge is -2.36. The van der Waals surface area contributed by atoms with E-state index in [4.69, 9.17) is 9.47 Å². The van der Waals surface area contributed by atoms with E-state index < -0.39 is 29.3 Å². The number of carbonyl (C=O) groups excluding carboxylic acids is 3. The van der Waals surface area contributed by atoms with Gasteiger partial charge in [0.2, 0.25) is 0 Å². The average molecular weight is 457 g/mol. The van der Waals surface area contributed by atoms with Crippen LogP contribution in [0.2, 0.25) is 0 Å². The Balaban J connectivity index is 2.10. The predicted octanol–water partition coefficient (Wildman–Crippen LogP) is 5.09. The molecule has 0 radical (unpaired) electrons. The molecule has 1 fully saturated rings. The second-order valence-electron chi connectivity index (χ2n) is 9.19. The van der Waals surface area contributed by atoms with Crippen LogP contribution >= 0.6 is 0 Å². The number of ether oxygens (including phenoxy) is 2. The Morgan fingerprint density at radius 2 is 1.09 bits per heavy atom. The number of rotatable bonds is 18. The highest BCUT2D eigenvalue weighted by molar-refractivity contribution is 5.88. The second-order valence-corrected chi connectivity index (χ2v) is 9.19. The fourth-order valence-corrected chi connectivity index (χ4v) is 3.99. The van der Waals surface area contributed by atoms with Gasteiger partial charge in [-0.25, -0.2) is 0 Å². The van der Waals surface area contributed by atoms with Crippen LogP contribution in [0.5, 0.6) is 0 Å². The highest BCUT2D eigenvalue weighted by Gasteiger charge is 2.58. The number of aliphatic hydroxyl groups is 2. The summed E-state index contributed by atoms with van der Waals surface area (Å²) in [5.74, 6) is -8.04. The number of cyclic esters (lactones) is 2. The third-order valence-corrected chi connectivity index (χ3v) is 6.18. The molecule has 32 heavy (non-hydrogen) atoms. The van der Waals surface area contributed by atoms with E-state index >= 15 is 0 Å². The minimum atomic E-state index is -3.07. The van der Waals surface area contributed by atoms with Crippen molar-refractivity contribution >= 4 is 17.7 Å². The molecule has 1 aliphatic rings. The van der Waals surface area contributed by atoms with Gasteiger partial charge in [-0.2, -0.15) is 0 Å². The van der Waals surface area contributed by atoms with Crippen molar-refractivity contribution in [2.45, 2.75) is 141 Å². The monoisotopic (exact) mass is 456 g/mol. The van der Waals surface area contributed by atoms with Crippen LogP contribution in [0.3, 0.4) is 0 Å². The molecule has 0 saturated carbocycles. The van der Waals surface area contributed by atoms with Gasteiger partial charge in [0.1, 0.15) is 0 Å². The molecule has 0 amide bonds. The Kier molecular flexibility index (Phi) is 13.7. The summed E-state index contributed by atoms with van der Waals surface area (Å²) in [7, 11) is 0. The van der Waals surface area contributed by atoms with Crippen LogP contribution in [0.15, 0.2) is 0 Å². The van der Waals surface area contributed by atoms with Crippen molar-refractivity contribution in [3.8, 4) is 0 Å². The smallest absolute Gasteiger partial charge is 0.315 e. The van der Waals surface area contributed by atoms with E-state index in [-0.39, 0.29) is 19.3 Å². The molecule has 1 rings (SSSR count). The minimum absolute atomic E-state index is 0.0874. The van der Waals surface area contributed by atoms with E-state index in [0.29, 0.717) is 6.42 Å². The fourth-order valence-electron chi connectivity index (χ4n) is 3.99. The summed E-state index contributed by atoms with van der Waals surface area (Å²) in [4.78, 5) is 35.6. The standard InChI is InChI=1S/C25H44O7/c1-3-4-5-6-7-8-9-10-11-12-13-14-15-16-17-18-21(26)25(29,30)24(2)31-22(27)19-20-23(28)32-24/h29-30H,3-20H2,1-2H3. The van der Waals surface area contributed by atoms with Gasteiger partial charge >= 0.3 is 23.5 Å². The highest BCUT2D eigenvalue weighted by Crippen LogP contribution is 2.31. The van der Waals surface area contributed by atoms with E-state index in [1.807, 2.05) is 0 Å². The van der Waals surface area contributed by atoms with Crippen molar-refractivity contribution in [1.82, 2.24) is 0 Å². The van der Waals surface area contributed by atoms with Crippen LogP contribution in [0, 0.1) is 0 Å². The Bertz CT molecular complexity index is 553. The Morgan fingerprint density at radius 3 is 1.47 bits per heavy atom. The number of hydrogen-bond donors (Lipinski definition) is 2. The SMILES string of the molecule is CCCCCCCCCCCCCCCCCC(=O)C(O)(O)C1(C)OC(=O)CCC(=O)O1. The lowest BCUT2D eigenvalue weighted by Crippen LogP contribution is -2.61. The molecule has 0 aromatic carbocycles. The van der Waals surface area contributed by atoms with Gasteiger partial charge in [-0.1, -0.05) is 96.8 Å².